The minimum atomic E-state index is -1.45. The Balaban J connectivity index is 2.52. The molecule has 0 amide bonds. The van der Waals surface area contributed by atoms with Crippen molar-refractivity contribution in [1.82, 2.24) is 0 Å². The molecular weight excluding hydrogens is 171 g/mol. The second kappa shape index (κ2) is 4.40. The molecule has 1 N–H and O–H groups in total. The number of hydrogen-bond acceptors (Lipinski definition) is 1. The molecule has 0 radical (unpaired) electrons. The predicted octanol–water partition coefficient (Wildman–Crippen LogP) is 2.75. The summed E-state index contributed by atoms with van der Waals surface area (Å²) in [7, 11) is 0. The van der Waals surface area contributed by atoms with Gasteiger partial charge in [0.25, 0.3) is 0 Å². The van der Waals surface area contributed by atoms with E-state index < -0.39 is 11.8 Å². The van der Waals surface area contributed by atoms with E-state index in [1.165, 1.54) is 12.5 Å². The third-order valence-electron chi connectivity index (χ3n) is 2.56. The van der Waals surface area contributed by atoms with Crippen molar-refractivity contribution in [2.45, 2.75) is 32.6 Å². The van der Waals surface area contributed by atoms with Gasteiger partial charge < -0.3 is 5.11 Å². The highest BCUT2D eigenvalue weighted by atomic mass is 19.1. The van der Waals surface area contributed by atoms with E-state index in [4.69, 9.17) is 5.11 Å². The Morgan fingerprint density at radius 1 is 1.54 bits per heavy atom. The summed E-state index contributed by atoms with van der Waals surface area (Å²) < 4.78 is 12.7. The van der Waals surface area contributed by atoms with Crippen LogP contribution in [-0.4, -0.2) is 11.1 Å². The lowest BCUT2D eigenvalue weighted by atomic mass is 9.82. The summed E-state index contributed by atoms with van der Waals surface area (Å²) in [5, 5.41) is 8.34. The van der Waals surface area contributed by atoms with Gasteiger partial charge in [-0.2, -0.15) is 4.39 Å². The third kappa shape index (κ3) is 3.17. The summed E-state index contributed by atoms with van der Waals surface area (Å²) in [5.74, 6) is -1.73. The maximum absolute atomic E-state index is 12.7. The Morgan fingerprint density at radius 3 is 2.77 bits per heavy atom. The van der Waals surface area contributed by atoms with E-state index in [9.17, 15) is 9.18 Å². The van der Waals surface area contributed by atoms with E-state index in [1.807, 2.05) is 0 Å². The molecule has 0 heterocycles. The van der Waals surface area contributed by atoms with Crippen molar-refractivity contribution in [3.05, 3.63) is 11.9 Å². The molecular formula is C10H15FO2. The topological polar surface area (TPSA) is 37.3 Å². The molecule has 74 valence electrons. The summed E-state index contributed by atoms with van der Waals surface area (Å²) in [4.78, 5) is 10.2. The Morgan fingerprint density at radius 2 is 2.23 bits per heavy atom. The zero-order valence-electron chi connectivity index (χ0n) is 7.79. The molecule has 1 aliphatic carbocycles. The van der Waals surface area contributed by atoms with Gasteiger partial charge in [0.1, 0.15) is 0 Å². The minimum Gasteiger partial charge on any atom is -0.476 e. The van der Waals surface area contributed by atoms with Gasteiger partial charge in [-0.15, -0.1) is 0 Å². The van der Waals surface area contributed by atoms with Crippen LogP contribution in [0.1, 0.15) is 32.6 Å². The first-order chi connectivity index (χ1) is 6.09. The number of rotatable bonds is 2. The van der Waals surface area contributed by atoms with Crippen molar-refractivity contribution in [1.29, 1.82) is 0 Å². The average Bonchev–Trinajstić information content (AvgIpc) is 2.04. The first-order valence-corrected chi connectivity index (χ1v) is 4.70. The first-order valence-electron chi connectivity index (χ1n) is 4.70. The predicted molar refractivity (Wildman–Crippen MR) is 47.9 cm³/mol. The zero-order chi connectivity index (χ0) is 9.84. The van der Waals surface area contributed by atoms with E-state index in [0.717, 1.165) is 19.3 Å². The molecule has 2 unspecified atom stereocenters. The van der Waals surface area contributed by atoms with E-state index in [1.54, 1.807) is 0 Å². The molecule has 3 heteroatoms. The molecule has 13 heavy (non-hydrogen) atoms. The van der Waals surface area contributed by atoms with Crippen LogP contribution in [0, 0.1) is 11.8 Å². The summed E-state index contributed by atoms with van der Waals surface area (Å²) >= 11 is 0. The van der Waals surface area contributed by atoms with E-state index in [2.05, 4.69) is 6.92 Å². The van der Waals surface area contributed by atoms with Crippen LogP contribution < -0.4 is 0 Å². The number of allylic oxidation sites excluding steroid dienone is 1. The van der Waals surface area contributed by atoms with Crippen molar-refractivity contribution < 1.29 is 14.3 Å². The highest BCUT2D eigenvalue weighted by Gasteiger charge is 2.19. The van der Waals surface area contributed by atoms with Gasteiger partial charge in [0.2, 0.25) is 5.83 Å². The molecule has 1 fully saturated rings. The smallest absolute Gasteiger partial charge is 0.364 e. The van der Waals surface area contributed by atoms with Gasteiger partial charge in [-0.05, 0) is 30.8 Å². The SMILES string of the molecule is CC1CCCC(C=C(F)C(=O)O)C1. The van der Waals surface area contributed by atoms with Crippen molar-refractivity contribution in [3.63, 3.8) is 0 Å². The molecule has 1 rings (SSSR count). The normalized spacial score (nSPS) is 30.2. The molecule has 0 saturated heterocycles. The van der Waals surface area contributed by atoms with E-state index in [0.29, 0.717) is 5.92 Å². The lowest BCUT2D eigenvalue weighted by Crippen LogP contribution is -2.12. The van der Waals surface area contributed by atoms with Crippen molar-refractivity contribution >= 4 is 5.97 Å². The van der Waals surface area contributed by atoms with E-state index >= 15 is 0 Å². The molecule has 0 aromatic heterocycles. The highest BCUT2D eigenvalue weighted by molar-refractivity contribution is 5.83. The summed E-state index contributed by atoms with van der Waals surface area (Å²) in [6.45, 7) is 2.12. The number of carboxylic acids is 1. The summed E-state index contributed by atoms with van der Waals surface area (Å²) in [6.07, 6.45) is 5.36. The fraction of sp³-hybridized carbons (Fsp3) is 0.700. The fourth-order valence-electron chi connectivity index (χ4n) is 1.91. The lowest BCUT2D eigenvalue weighted by molar-refractivity contribution is -0.134. The molecule has 0 aromatic carbocycles. The van der Waals surface area contributed by atoms with Gasteiger partial charge in [0, 0.05) is 0 Å². The van der Waals surface area contributed by atoms with Gasteiger partial charge in [0.05, 0.1) is 0 Å². The van der Waals surface area contributed by atoms with Gasteiger partial charge in [0.15, 0.2) is 0 Å². The Hall–Kier alpha value is -0.860. The van der Waals surface area contributed by atoms with Gasteiger partial charge >= 0.3 is 5.97 Å². The van der Waals surface area contributed by atoms with Crippen LogP contribution in [-0.2, 0) is 4.79 Å². The van der Waals surface area contributed by atoms with Crippen LogP contribution in [0.4, 0.5) is 4.39 Å². The first kappa shape index (κ1) is 10.2. The van der Waals surface area contributed by atoms with Crippen molar-refractivity contribution in [2.24, 2.45) is 11.8 Å². The number of carbonyl (C=O) groups is 1. The number of hydrogen-bond donors (Lipinski definition) is 1. The average molecular weight is 186 g/mol. The maximum Gasteiger partial charge on any atom is 0.364 e. The van der Waals surface area contributed by atoms with Crippen LogP contribution in [0.25, 0.3) is 0 Å². The van der Waals surface area contributed by atoms with Crippen molar-refractivity contribution in [2.75, 3.05) is 0 Å². The molecule has 0 spiro atoms. The van der Waals surface area contributed by atoms with Crippen LogP contribution in [0.3, 0.4) is 0 Å². The second-order valence-corrected chi connectivity index (χ2v) is 3.85. The minimum absolute atomic E-state index is 0.125. The van der Waals surface area contributed by atoms with Gasteiger partial charge in [-0.1, -0.05) is 19.8 Å². The second-order valence-electron chi connectivity index (χ2n) is 3.85. The van der Waals surface area contributed by atoms with E-state index in [-0.39, 0.29) is 5.92 Å². The molecule has 0 bridgehead atoms. The number of aliphatic carboxylic acids is 1. The molecule has 0 aliphatic heterocycles. The van der Waals surface area contributed by atoms with Crippen LogP contribution >= 0.6 is 0 Å². The third-order valence-corrected chi connectivity index (χ3v) is 2.56. The summed E-state index contributed by atoms with van der Waals surface area (Å²) in [5.41, 5.74) is 0. The molecule has 2 atom stereocenters. The molecule has 1 saturated carbocycles. The maximum atomic E-state index is 12.7. The molecule has 0 aromatic rings. The molecule has 2 nitrogen and oxygen atoms in total. The fourth-order valence-corrected chi connectivity index (χ4v) is 1.91. The zero-order valence-corrected chi connectivity index (χ0v) is 7.79. The number of halogens is 1. The summed E-state index contributed by atoms with van der Waals surface area (Å²) in [6, 6.07) is 0. The Bertz CT molecular complexity index is 223. The Kier molecular flexibility index (Phi) is 3.46. The highest BCUT2D eigenvalue weighted by Crippen LogP contribution is 2.30. The Labute approximate surface area is 77.4 Å². The number of carboxylic acid groups (broad SMARTS) is 1. The monoisotopic (exact) mass is 186 g/mol. The van der Waals surface area contributed by atoms with Gasteiger partial charge in [-0.25, -0.2) is 4.79 Å². The van der Waals surface area contributed by atoms with Crippen LogP contribution in [0.5, 0.6) is 0 Å². The van der Waals surface area contributed by atoms with Crippen LogP contribution in [0.15, 0.2) is 11.9 Å². The molecule has 1 aliphatic rings. The largest absolute Gasteiger partial charge is 0.476 e. The van der Waals surface area contributed by atoms with Gasteiger partial charge in [-0.3, -0.25) is 0 Å². The standard InChI is InChI=1S/C10H15FO2/c1-7-3-2-4-8(5-7)6-9(11)10(12)13/h6-8H,2-5H2,1H3,(H,12,13). The van der Waals surface area contributed by atoms with Crippen molar-refractivity contribution in [3.8, 4) is 0 Å². The lowest BCUT2D eigenvalue weighted by Gasteiger charge is -2.23. The van der Waals surface area contributed by atoms with Crippen LogP contribution in [0.2, 0.25) is 0 Å². The quantitative estimate of drug-likeness (QED) is 0.673.